The van der Waals surface area contributed by atoms with E-state index in [1.807, 2.05) is 44.4 Å². The first-order valence-electron chi connectivity index (χ1n) is 6.73. The lowest BCUT2D eigenvalue weighted by molar-refractivity contribution is -0.139. The fourth-order valence-corrected chi connectivity index (χ4v) is 2.22. The zero-order chi connectivity index (χ0) is 15.0. The molecular formula is C15H23NO3S. The van der Waals surface area contributed by atoms with E-state index in [2.05, 4.69) is 5.32 Å². The van der Waals surface area contributed by atoms with Gasteiger partial charge in [0, 0.05) is 6.54 Å². The van der Waals surface area contributed by atoms with Gasteiger partial charge in [0.25, 0.3) is 0 Å². The van der Waals surface area contributed by atoms with Crippen molar-refractivity contribution in [1.82, 2.24) is 5.32 Å². The highest BCUT2D eigenvalue weighted by molar-refractivity contribution is 7.98. The monoisotopic (exact) mass is 297 g/mol. The van der Waals surface area contributed by atoms with Gasteiger partial charge < -0.3 is 15.2 Å². The van der Waals surface area contributed by atoms with E-state index < -0.39 is 12.0 Å². The van der Waals surface area contributed by atoms with Gasteiger partial charge in [-0.1, -0.05) is 12.1 Å². The third-order valence-electron chi connectivity index (χ3n) is 2.76. The molecule has 112 valence electrons. The van der Waals surface area contributed by atoms with Crippen LogP contribution in [0.25, 0.3) is 0 Å². The Hall–Kier alpha value is -1.20. The predicted molar refractivity (Wildman–Crippen MR) is 83.5 cm³/mol. The fraction of sp³-hybridized carbons (Fsp3) is 0.533. The van der Waals surface area contributed by atoms with E-state index in [1.165, 1.54) is 0 Å². The minimum Gasteiger partial charge on any atom is -0.491 e. The summed E-state index contributed by atoms with van der Waals surface area (Å²) in [6, 6.07) is 7.24. The third kappa shape index (κ3) is 6.30. The maximum atomic E-state index is 11.1. The molecule has 0 radical (unpaired) electrons. The molecule has 0 aliphatic rings. The lowest BCUT2D eigenvalue weighted by Gasteiger charge is -2.14. The number of benzene rings is 1. The summed E-state index contributed by atoms with van der Waals surface area (Å²) < 4.78 is 5.57. The summed E-state index contributed by atoms with van der Waals surface area (Å²) in [6.07, 6.45) is 2.76. The number of thioether (sulfide) groups is 1. The second kappa shape index (κ2) is 8.87. The average Bonchev–Trinajstić information content (AvgIpc) is 2.39. The number of rotatable bonds is 9. The van der Waals surface area contributed by atoms with Crippen LogP contribution in [0.5, 0.6) is 5.75 Å². The Labute approximate surface area is 124 Å². The van der Waals surface area contributed by atoms with Crippen LogP contribution in [0.4, 0.5) is 0 Å². The molecule has 0 bridgehead atoms. The molecule has 2 N–H and O–H groups in total. The number of ether oxygens (including phenoxy) is 1. The Morgan fingerprint density at radius 3 is 2.50 bits per heavy atom. The van der Waals surface area contributed by atoms with Crippen LogP contribution in [0.15, 0.2) is 24.3 Å². The predicted octanol–water partition coefficient (Wildman–Crippen LogP) is 2.77. The van der Waals surface area contributed by atoms with Gasteiger partial charge in [-0.05, 0) is 50.0 Å². The Bertz CT molecular complexity index is 406. The molecule has 20 heavy (non-hydrogen) atoms. The van der Waals surface area contributed by atoms with Crippen molar-refractivity contribution in [3.63, 3.8) is 0 Å². The molecule has 0 amide bonds. The fourth-order valence-electron chi connectivity index (χ4n) is 1.75. The van der Waals surface area contributed by atoms with Gasteiger partial charge in [-0.15, -0.1) is 0 Å². The van der Waals surface area contributed by atoms with Gasteiger partial charge in [0.1, 0.15) is 11.8 Å². The Morgan fingerprint density at radius 1 is 1.35 bits per heavy atom. The SMILES string of the molecule is CSCCC(NCc1ccc(OC(C)C)cc1)C(=O)O. The van der Waals surface area contributed by atoms with Crippen molar-refractivity contribution in [2.45, 2.75) is 39.0 Å². The second-order valence-corrected chi connectivity index (χ2v) is 5.85. The number of hydrogen-bond donors (Lipinski definition) is 2. The lowest BCUT2D eigenvalue weighted by atomic mass is 10.2. The number of carboxylic acids is 1. The van der Waals surface area contributed by atoms with Crippen LogP contribution in [0.2, 0.25) is 0 Å². The topological polar surface area (TPSA) is 58.6 Å². The van der Waals surface area contributed by atoms with E-state index >= 15 is 0 Å². The summed E-state index contributed by atoms with van der Waals surface area (Å²) in [5, 5.41) is 12.2. The molecule has 1 aromatic rings. The summed E-state index contributed by atoms with van der Waals surface area (Å²) in [4.78, 5) is 11.1. The summed E-state index contributed by atoms with van der Waals surface area (Å²) in [5.41, 5.74) is 1.05. The first kappa shape index (κ1) is 16.9. The zero-order valence-corrected chi connectivity index (χ0v) is 13.1. The molecule has 0 saturated heterocycles. The van der Waals surface area contributed by atoms with Crippen molar-refractivity contribution in [3.8, 4) is 5.75 Å². The number of aliphatic carboxylic acids is 1. The van der Waals surface area contributed by atoms with E-state index in [0.29, 0.717) is 13.0 Å². The molecule has 1 rings (SSSR count). The van der Waals surface area contributed by atoms with Crippen LogP contribution in [-0.2, 0) is 11.3 Å². The molecule has 0 heterocycles. The molecule has 1 aromatic carbocycles. The Kier molecular flexibility index (Phi) is 7.47. The molecule has 0 aromatic heterocycles. The highest BCUT2D eigenvalue weighted by atomic mass is 32.2. The van der Waals surface area contributed by atoms with Gasteiger partial charge >= 0.3 is 5.97 Å². The van der Waals surface area contributed by atoms with Crippen molar-refractivity contribution >= 4 is 17.7 Å². The van der Waals surface area contributed by atoms with E-state index in [-0.39, 0.29) is 6.10 Å². The highest BCUT2D eigenvalue weighted by Crippen LogP contribution is 2.14. The van der Waals surface area contributed by atoms with E-state index in [4.69, 9.17) is 9.84 Å². The maximum Gasteiger partial charge on any atom is 0.320 e. The van der Waals surface area contributed by atoms with Gasteiger partial charge in [-0.25, -0.2) is 0 Å². The molecule has 5 heteroatoms. The number of carboxylic acid groups (broad SMARTS) is 1. The standard InChI is InChI=1S/C15H23NO3S/c1-11(2)19-13-6-4-12(5-7-13)10-16-14(15(17)18)8-9-20-3/h4-7,11,14,16H,8-10H2,1-3H3,(H,17,18). The van der Waals surface area contributed by atoms with Crippen LogP contribution in [0, 0.1) is 0 Å². The quantitative estimate of drug-likeness (QED) is 0.734. The first-order chi connectivity index (χ1) is 9.52. The number of nitrogens with one attached hydrogen (secondary N) is 1. The molecule has 0 aliphatic heterocycles. The van der Waals surface area contributed by atoms with Crippen molar-refractivity contribution in [2.75, 3.05) is 12.0 Å². The number of hydrogen-bond acceptors (Lipinski definition) is 4. The molecule has 0 aliphatic carbocycles. The summed E-state index contributed by atoms with van der Waals surface area (Å²) in [7, 11) is 0. The van der Waals surface area contributed by atoms with Crippen LogP contribution >= 0.6 is 11.8 Å². The number of carbonyl (C=O) groups is 1. The second-order valence-electron chi connectivity index (χ2n) is 4.86. The summed E-state index contributed by atoms with van der Waals surface area (Å²) in [5.74, 6) is 0.880. The van der Waals surface area contributed by atoms with Crippen LogP contribution in [0.3, 0.4) is 0 Å². The van der Waals surface area contributed by atoms with Crippen molar-refractivity contribution < 1.29 is 14.6 Å². The average molecular weight is 297 g/mol. The maximum absolute atomic E-state index is 11.1. The van der Waals surface area contributed by atoms with Crippen molar-refractivity contribution in [1.29, 1.82) is 0 Å². The van der Waals surface area contributed by atoms with Crippen molar-refractivity contribution in [3.05, 3.63) is 29.8 Å². The van der Waals surface area contributed by atoms with Crippen LogP contribution in [0.1, 0.15) is 25.8 Å². The molecule has 1 atom stereocenters. The van der Waals surface area contributed by atoms with Gasteiger partial charge in [0.2, 0.25) is 0 Å². The Balaban J connectivity index is 2.48. The first-order valence-corrected chi connectivity index (χ1v) is 8.13. The zero-order valence-electron chi connectivity index (χ0n) is 12.3. The summed E-state index contributed by atoms with van der Waals surface area (Å²) in [6.45, 7) is 4.52. The van der Waals surface area contributed by atoms with Crippen molar-refractivity contribution in [2.24, 2.45) is 0 Å². The Morgan fingerprint density at radius 2 is 2.00 bits per heavy atom. The normalized spacial score (nSPS) is 12.4. The van der Waals surface area contributed by atoms with Gasteiger partial charge in [-0.2, -0.15) is 11.8 Å². The molecule has 4 nitrogen and oxygen atoms in total. The van der Waals surface area contributed by atoms with E-state index in [0.717, 1.165) is 17.1 Å². The molecule has 0 spiro atoms. The smallest absolute Gasteiger partial charge is 0.320 e. The lowest BCUT2D eigenvalue weighted by Crippen LogP contribution is -2.36. The molecular weight excluding hydrogens is 274 g/mol. The highest BCUT2D eigenvalue weighted by Gasteiger charge is 2.15. The molecule has 0 saturated carbocycles. The largest absolute Gasteiger partial charge is 0.491 e. The van der Waals surface area contributed by atoms with Gasteiger partial charge in [0.05, 0.1) is 6.10 Å². The molecule has 1 unspecified atom stereocenters. The van der Waals surface area contributed by atoms with E-state index in [9.17, 15) is 4.79 Å². The van der Waals surface area contributed by atoms with Crippen LogP contribution < -0.4 is 10.1 Å². The van der Waals surface area contributed by atoms with Crippen LogP contribution in [-0.4, -0.2) is 35.2 Å². The minimum atomic E-state index is -0.793. The minimum absolute atomic E-state index is 0.155. The molecule has 0 fully saturated rings. The summed E-state index contributed by atoms with van der Waals surface area (Å²) >= 11 is 1.66. The van der Waals surface area contributed by atoms with Gasteiger partial charge in [0.15, 0.2) is 0 Å². The van der Waals surface area contributed by atoms with Gasteiger partial charge in [-0.3, -0.25) is 4.79 Å². The third-order valence-corrected chi connectivity index (χ3v) is 3.40. The van der Waals surface area contributed by atoms with E-state index in [1.54, 1.807) is 11.8 Å².